The van der Waals surface area contributed by atoms with Crippen LogP contribution < -0.4 is 0 Å². The first kappa shape index (κ1) is 97.9. The van der Waals surface area contributed by atoms with E-state index in [0.29, 0.717) is 24.3 Å². The Morgan fingerprint density at radius 2 is 0.500 bits per heavy atom. The smallest absolute Gasteiger partial charge is 0.439 e. The molecule has 8 bridgehead atoms. The molecule has 16 atom stereocenters. The fourth-order valence-corrected chi connectivity index (χ4v) is 35.1. The van der Waals surface area contributed by atoms with Crippen LogP contribution >= 0.6 is 20.6 Å². The van der Waals surface area contributed by atoms with Gasteiger partial charge in [-0.1, -0.05) is 60.7 Å². The number of rotatable bonds is 27. The molecule has 4 aliphatic heterocycles. The molecule has 4 heterocycles. The Morgan fingerprint density at radius 1 is 0.299 bits per heavy atom. The van der Waals surface area contributed by atoms with Crippen LogP contribution in [-0.2, 0) is 65.4 Å². The van der Waals surface area contributed by atoms with Gasteiger partial charge in [0.25, 0.3) is 0 Å². The van der Waals surface area contributed by atoms with Crippen LogP contribution in [0.5, 0.6) is 0 Å². The van der Waals surface area contributed by atoms with Gasteiger partial charge >= 0.3 is 92.0 Å². The molecule has 8 saturated carbocycles. The predicted molar refractivity (Wildman–Crippen MR) is 402 cm³/mol. The molecule has 18 rings (SSSR count). The maximum atomic E-state index is 18.5. The van der Waals surface area contributed by atoms with Crippen molar-refractivity contribution in [2.45, 2.75) is 209 Å². The fourth-order valence-electron chi connectivity index (χ4n) is 24.1. The minimum atomic E-state index is -9.28. The minimum absolute atomic E-state index is 0.0404. The number of hydrogen-bond donors (Lipinski definition) is 0. The van der Waals surface area contributed by atoms with Gasteiger partial charge in [-0.15, -0.1) is 0 Å². The first-order valence-corrected chi connectivity index (χ1v) is 48.0. The van der Waals surface area contributed by atoms with Gasteiger partial charge in [-0.05, 0) is 170 Å². The zero-order valence-corrected chi connectivity index (χ0v) is 72.0. The number of alkyl halides is 32. The predicted octanol–water partition coefficient (Wildman–Crippen LogP) is 24.1. The molecular formula is C84H78F32O14S4. The third kappa shape index (κ3) is 13.6. The largest absolute Gasteiger partial charge is 0.496 e. The molecule has 0 spiro atoms. The van der Waals surface area contributed by atoms with E-state index in [1.165, 1.54) is 0 Å². The van der Waals surface area contributed by atoms with Crippen LogP contribution in [0.2, 0.25) is 0 Å². The van der Waals surface area contributed by atoms with Crippen LogP contribution in [0.15, 0.2) is 162 Å². The second-order valence-corrected chi connectivity index (χ2v) is 47.2. The summed E-state index contributed by atoms with van der Waals surface area (Å²) in [6.07, 6.45) is -76.1. The fraction of sp³-hybridized carbons (Fsp3) is 0.667. The van der Waals surface area contributed by atoms with Gasteiger partial charge in [0.05, 0.1) is 96.9 Å². The van der Waals surface area contributed by atoms with E-state index in [1.54, 1.807) is 0 Å². The van der Waals surface area contributed by atoms with Gasteiger partial charge in [-0.25, -0.2) is 7.26 Å². The van der Waals surface area contributed by atoms with Gasteiger partial charge in [0, 0.05) is 80.8 Å². The summed E-state index contributed by atoms with van der Waals surface area (Å²) in [5, 5.41) is -17.4. The molecule has 14 nitrogen and oxygen atoms in total. The molecular weight excluding hydrogens is 1970 g/mol. The highest BCUT2D eigenvalue weighted by atomic mass is 32.3. The lowest BCUT2D eigenvalue weighted by molar-refractivity contribution is -0.327. The van der Waals surface area contributed by atoms with Crippen LogP contribution in [0.3, 0.4) is 0 Å². The zero-order chi connectivity index (χ0) is 97.5. The average molecular weight is 2050 g/mol. The topological polar surface area (TPSA) is 161 Å². The van der Waals surface area contributed by atoms with Gasteiger partial charge in [-0.2, -0.15) is 157 Å². The zero-order valence-electron chi connectivity index (χ0n) is 68.7. The molecule has 0 amide bonds. The van der Waals surface area contributed by atoms with E-state index in [1.807, 2.05) is 0 Å². The summed E-state index contributed by atoms with van der Waals surface area (Å²) in [5.41, 5.74) is -28.2. The monoisotopic (exact) mass is 2050 g/mol. The van der Waals surface area contributed by atoms with E-state index in [9.17, 15) is 0 Å². The van der Waals surface area contributed by atoms with Crippen LogP contribution in [0.1, 0.15) is 103 Å². The summed E-state index contributed by atoms with van der Waals surface area (Å²) in [6, 6.07) is 4.90. The molecule has 746 valence electrons. The first-order chi connectivity index (χ1) is 61.7. The summed E-state index contributed by atoms with van der Waals surface area (Å²) < 4.78 is 647. The van der Waals surface area contributed by atoms with E-state index >= 15 is 157 Å². The van der Waals surface area contributed by atoms with E-state index < -0.39 is 357 Å². The molecule has 50 heteroatoms. The SMILES string of the molecule is O=S(=O)(OS(C1=C(OCC23CCC(C2)C2COC23)CC(C(F)(F)F)(C(F)(F)F)C=C1)(C1=C(OCC23CCC(C2)C2COC23)CC(C(F)(F)F)(C(F)(F)F)C=C1)c1ccccc1)C(F)(F)C(F)(F)C(F)(F)C(F)(F)S(=O)(=O)OS(C1=C(OCC23CCC(C2)C2COC23)CC(C(F)(F)F)(C(F)(F)F)C=C1)(C1=C(OCC23CCC(C2)C2COC23)CC(C(F)(F)F)(C(F)(F)F)C=C1)c1ccccc1. The minimum Gasteiger partial charge on any atom is -0.496 e. The maximum absolute atomic E-state index is 18.5. The van der Waals surface area contributed by atoms with E-state index in [-0.39, 0.29) is 151 Å². The lowest BCUT2D eigenvalue weighted by Crippen LogP contribution is -2.66. The standard InChI is InChI=1S/C84H78F32O14S4/c85-73(86,83(113,114)133(117,118)129-131(47-7-3-1-4-8-47,57-15-23-69(75(89,90)91,76(92,93)94)31-53(57)125-39-65-19-11-43(27-65)49-35-121-61(49)65)58-16-24-70(77(95,96)97,78(98,99)100)32-54(58)126-40-66-20-12-44(28-66)50-36-122-62(50)66)74(87,88)84(115,116)134(119,120)130-132(48-9-5-2-6-10-48,59-17-25-71(79(101,102)103,80(104,105)106)33-55(59)127-41-67-21-13-45(29-67)51-37-123-63(51)67)60-18-26-72(81(107,108)109,82(110,111)112)34-56(60)128-42-68-22-14-46(30-68)52-38-124-64(52)68/h1-10,15-18,23-26,43-46,49-52,61-64H,11-14,19-22,27-42H2. The number of halogens is 32. The Balaban J connectivity index is 0.839. The maximum Gasteiger partial charge on any atom is 0.439 e. The molecule has 0 aromatic heterocycles. The van der Waals surface area contributed by atoms with Crippen molar-refractivity contribution in [3.8, 4) is 0 Å². The second-order valence-electron chi connectivity index (χ2n) is 38.3. The molecule has 2 aromatic carbocycles. The number of ether oxygens (including phenoxy) is 8. The molecule has 0 N–H and O–H groups in total. The lowest BCUT2D eigenvalue weighted by Gasteiger charge is -2.49. The number of allylic oxidation sites excluding steroid dienone is 12. The van der Waals surface area contributed by atoms with Crippen molar-refractivity contribution < 1.29 is 202 Å². The Bertz CT molecular complexity index is 4900. The molecule has 12 aliphatic carbocycles. The van der Waals surface area contributed by atoms with Gasteiger partial charge in [0.15, 0.2) is 21.7 Å². The summed E-state index contributed by atoms with van der Waals surface area (Å²) in [7, 11) is -32.0. The normalized spacial score (nSPS) is 35.0. The highest BCUT2D eigenvalue weighted by molar-refractivity contribution is 8.39. The van der Waals surface area contributed by atoms with Gasteiger partial charge < -0.3 is 37.9 Å². The number of hydrogen-bond acceptors (Lipinski definition) is 14. The van der Waals surface area contributed by atoms with Crippen molar-refractivity contribution in [3.63, 3.8) is 0 Å². The van der Waals surface area contributed by atoms with Crippen LogP contribution in [0, 0.1) is 90.7 Å². The Morgan fingerprint density at radius 3 is 0.672 bits per heavy atom. The second kappa shape index (κ2) is 30.6. The van der Waals surface area contributed by atoms with E-state index in [4.69, 9.17) is 45.2 Å². The average Bonchev–Trinajstić information content (AvgIpc) is 1.27. The van der Waals surface area contributed by atoms with Crippen molar-refractivity contribution >= 4 is 40.9 Å². The van der Waals surface area contributed by atoms with Crippen molar-refractivity contribution in [2.75, 3.05) is 52.9 Å². The van der Waals surface area contributed by atoms with Crippen LogP contribution in [0.25, 0.3) is 0 Å². The summed E-state index contributed by atoms with van der Waals surface area (Å²) in [5.74, 6) is -29.8. The lowest BCUT2D eigenvalue weighted by atomic mass is 9.75. The number of benzene rings is 2. The molecule has 2 aromatic rings. The highest BCUT2D eigenvalue weighted by Gasteiger charge is 2.90. The molecule has 0 radical (unpaired) electrons. The Labute approximate surface area is 744 Å². The first-order valence-electron chi connectivity index (χ1n) is 42.1. The van der Waals surface area contributed by atoms with Crippen molar-refractivity contribution in [1.82, 2.24) is 0 Å². The molecule has 4 saturated heterocycles. The van der Waals surface area contributed by atoms with Crippen LogP contribution in [0.4, 0.5) is 140 Å². The third-order valence-electron chi connectivity index (χ3n) is 31.6. The molecule has 16 aliphatic rings. The van der Waals surface area contributed by atoms with E-state index in [2.05, 4.69) is 0 Å². The van der Waals surface area contributed by atoms with Crippen molar-refractivity contribution in [1.29, 1.82) is 0 Å². The summed E-state index contributed by atoms with van der Waals surface area (Å²) in [6.45, 7) is -5.17. The van der Waals surface area contributed by atoms with Gasteiger partial charge in [0.2, 0.25) is 0 Å². The van der Waals surface area contributed by atoms with E-state index in [0.717, 1.165) is 12.1 Å². The Kier molecular flexibility index (Phi) is 22.4. The van der Waals surface area contributed by atoms with Gasteiger partial charge in [-0.3, -0.25) is 0 Å². The quantitative estimate of drug-likeness (QED) is 0.0777. The molecule has 16 unspecified atom stereocenters. The number of fused-ring (bicyclic) bond motifs is 20. The summed E-state index contributed by atoms with van der Waals surface area (Å²) >= 11 is 0. The third-order valence-corrected chi connectivity index (χ3v) is 42.3. The molecule has 134 heavy (non-hydrogen) atoms. The molecule has 12 fully saturated rings. The van der Waals surface area contributed by atoms with Crippen LogP contribution in [-0.4, -0.2) is 166 Å². The van der Waals surface area contributed by atoms with Gasteiger partial charge in [0.1, 0.15) is 23.0 Å². The summed E-state index contributed by atoms with van der Waals surface area (Å²) in [4.78, 5) is -11.4. The highest BCUT2D eigenvalue weighted by Crippen LogP contribution is 2.81. The van der Waals surface area contributed by atoms with Crippen molar-refractivity contribution in [2.24, 2.45) is 90.7 Å². The Hall–Kier alpha value is -6.32. The van der Waals surface area contributed by atoms with Crippen molar-refractivity contribution in [3.05, 3.63) is 152 Å².